The highest BCUT2D eigenvalue weighted by molar-refractivity contribution is 5.88. The number of esters is 1. The first-order valence-electron chi connectivity index (χ1n) is 8.20. The maximum Gasteiger partial charge on any atom is 0.331 e. The predicted octanol–water partition coefficient (Wildman–Crippen LogP) is 2.20. The molecule has 6 nitrogen and oxygen atoms in total. The number of hydrogen-bond donors (Lipinski definition) is 1. The van der Waals surface area contributed by atoms with E-state index in [1.807, 2.05) is 24.3 Å². The quantitative estimate of drug-likeness (QED) is 0.773. The van der Waals surface area contributed by atoms with Gasteiger partial charge in [0.1, 0.15) is 17.9 Å². The summed E-state index contributed by atoms with van der Waals surface area (Å²) >= 11 is 0. The van der Waals surface area contributed by atoms with Gasteiger partial charge in [-0.05, 0) is 30.5 Å². The van der Waals surface area contributed by atoms with Crippen LogP contribution in [0.5, 0.6) is 5.75 Å². The van der Waals surface area contributed by atoms with Gasteiger partial charge in [0.05, 0.1) is 20.8 Å². The van der Waals surface area contributed by atoms with Gasteiger partial charge in [-0.25, -0.2) is 4.79 Å². The SMILES string of the molecule is COC(=O)C1(NC(=O)COCc2cccc(OC)c2)CCCCC1. The molecular formula is C18H25NO5. The summed E-state index contributed by atoms with van der Waals surface area (Å²) in [5.74, 6) is 0.0703. The summed E-state index contributed by atoms with van der Waals surface area (Å²) in [7, 11) is 2.95. The third-order valence-electron chi connectivity index (χ3n) is 4.30. The topological polar surface area (TPSA) is 73.9 Å². The van der Waals surface area contributed by atoms with Gasteiger partial charge in [-0.2, -0.15) is 0 Å². The van der Waals surface area contributed by atoms with E-state index in [2.05, 4.69) is 5.32 Å². The first-order valence-corrected chi connectivity index (χ1v) is 8.20. The Morgan fingerprint density at radius 3 is 2.58 bits per heavy atom. The van der Waals surface area contributed by atoms with Crippen molar-refractivity contribution in [2.24, 2.45) is 0 Å². The Morgan fingerprint density at radius 2 is 1.92 bits per heavy atom. The first-order chi connectivity index (χ1) is 11.6. The molecule has 0 unspecified atom stereocenters. The van der Waals surface area contributed by atoms with Crippen LogP contribution in [0.1, 0.15) is 37.7 Å². The van der Waals surface area contributed by atoms with E-state index in [1.165, 1.54) is 7.11 Å². The Kier molecular flexibility index (Phi) is 6.61. The van der Waals surface area contributed by atoms with Crippen molar-refractivity contribution < 1.29 is 23.8 Å². The second-order valence-corrected chi connectivity index (χ2v) is 6.03. The van der Waals surface area contributed by atoms with Crippen LogP contribution in [0.3, 0.4) is 0 Å². The minimum absolute atomic E-state index is 0.101. The van der Waals surface area contributed by atoms with Gasteiger partial charge in [0.2, 0.25) is 5.91 Å². The van der Waals surface area contributed by atoms with Crippen LogP contribution in [-0.4, -0.2) is 38.2 Å². The number of ether oxygens (including phenoxy) is 3. The molecule has 1 fully saturated rings. The Labute approximate surface area is 142 Å². The summed E-state index contributed by atoms with van der Waals surface area (Å²) in [6.07, 6.45) is 4.10. The molecule has 1 aliphatic rings. The molecule has 0 bridgehead atoms. The van der Waals surface area contributed by atoms with E-state index in [0.717, 1.165) is 30.6 Å². The van der Waals surface area contributed by atoms with Crippen LogP contribution < -0.4 is 10.1 Å². The van der Waals surface area contributed by atoms with Gasteiger partial charge in [-0.3, -0.25) is 4.79 Å². The van der Waals surface area contributed by atoms with Crippen molar-refractivity contribution in [2.75, 3.05) is 20.8 Å². The molecule has 132 valence electrons. The zero-order valence-corrected chi connectivity index (χ0v) is 14.3. The monoisotopic (exact) mass is 335 g/mol. The minimum atomic E-state index is -0.899. The van der Waals surface area contributed by atoms with Crippen LogP contribution in [0, 0.1) is 0 Å². The normalized spacial score (nSPS) is 16.2. The number of amides is 1. The summed E-state index contributed by atoms with van der Waals surface area (Å²) < 4.78 is 15.5. The van der Waals surface area contributed by atoms with Crippen LogP contribution in [0.25, 0.3) is 0 Å². The van der Waals surface area contributed by atoms with Crippen LogP contribution in [0.4, 0.5) is 0 Å². The lowest BCUT2D eigenvalue weighted by Gasteiger charge is -2.35. The number of nitrogens with one attached hydrogen (secondary N) is 1. The largest absolute Gasteiger partial charge is 0.497 e. The van der Waals surface area contributed by atoms with Crippen LogP contribution in [-0.2, 0) is 25.7 Å². The standard InChI is InChI=1S/C18H25NO5/c1-22-15-8-6-7-14(11-15)12-24-13-16(20)19-18(17(21)23-2)9-4-3-5-10-18/h6-8,11H,3-5,9-10,12-13H2,1-2H3,(H,19,20). The number of methoxy groups -OCH3 is 2. The minimum Gasteiger partial charge on any atom is -0.497 e. The Balaban J connectivity index is 1.86. The summed E-state index contributed by atoms with van der Waals surface area (Å²) in [4.78, 5) is 24.3. The molecule has 0 atom stereocenters. The zero-order chi connectivity index (χ0) is 17.4. The molecule has 1 aliphatic carbocycles. The predicted molar refractivity (Wildman–Crippen MR) is 88.6 cm³/mol. The maximum absolute atomic E-state index is 12.2. The Morgan fingerprint density at radius 1 is 1.17 bits per heavy atom. The number of benzene rings is 1. The van der Waals surface area contributed by atoms with Gasteiger partial charge >= 0.3 is 5.97 Å². The van der Waals surface area contributed by atoms with Crippen LogP contribution in [0.15, 0.2) is 24.3 Å². The molecule has 1 aromatic carbocycles. The van der Waals surface area contributed by atoms with E-state index in [0.29, 0.717) is 19.4 Å². The molecule has 1 amide bonds. The number of hydrogen-bond acceptors (Lipinski definition) is 5. The molecule has 0 spiro atoms. The maximum atomic E-state index is 12.2. The van der Waals surface area contributed by atoms with E-state index in [1.54, 1.807) is 7.11 Å². The second kappa shape index (κ2) is 8.68. The fourth-order valence-electron chi connectivity index (χ4n) is 3.06. The molecule has 0 aromatic heterocycles. The molecule has 2 rings (SSSR count). The lowest BCUT2D eigenvalue weighted by atomic mass is 9.81. The summed E-state index contributed by atoms with van der Waals surface area (Å²) in [5.41, 5.74) is 0.0196. The molecule has 1 saturated carbocycles. The average molecular weight is 335 g/mol. The van der Waals surface area contributed by atoms with Crippen molar-refractivity contribution in [3.8, 4) is 5.75 Å². The van der Waals surface area contributed by atoms with Gasteiger partial charge < -0.3 is 19.5 Å². The fourth-order valence-corrected chi connectivity index (χ4v) is 3.06. The second-order valence-electron chi connectivity index (χ2n) is 6.03. The molecule has 0 saturated heterocycles. The highest BCUT2D eigenvalue weighted by Gasteiger charge is 2.41. The average Bonchev–Trinajstić information content (AvgIpc) is 2.62. The van der Waals surface area contributed by atoms with Gasteiger partial charge in [0, 0.05) is 0 Å². The molecule has 0 aliphatic heterocycles. The zero-order valence-electron chi connectivity index (χ0n) is 14.3. The summed E-state index contributed by atoms with van der Waals surface area (Å²) in [6.45, 7) is 0.200. The van der Waals surface area contributed by atoms with Crippen LogP contribution >= 0.6 is 0 Å². The molecule has 24 heavy (non-hydrogen) atoms. The molecule has 0 radical (unpaired) electrons. The Bertz CT molecular complexity index is 566. The van der Waals surface area contributed by atoms with E-state index >= 15 is 0 Å². The van der Waals surface area contributed by atoms with E-state index in [4.69, 9.17) is 14.2 Å². The van der Waals surface area contributed by atoms with Crippen molar-refractivity contribution in [1.82, 2.24) is 5.32 Å². The van der Waals surface area contributed by atoms with Crippen LogP contribution in [0.2, 0.25) is 0 Å². The van der Waals surface area contributed by atoms with Gasteiger partial charge in [0.15, 0.2) is 0 Å². The van der Waals surface area contributed by atoms with Crippen molar-refractivity contribution >= 4 is 11.9 Å². The van der Waals surface area contributed by atoms with Crippen molar-refractivity contribution in [3.63, 3.8) is 0 Å². The molecule has 6 heteroatoms. The van der Waals surface area contributed by atoms with Gasteiger partial charge in [-0.15, -0.1) is 0 Å². The summed E-state index contributed by atoms with van der Waals surface area (Å²) in [6, 6.07) is 7.47. The molecule has 1 aromatic rings. The third kappa shape index (κ3) is 4.71. The van der Waals surface area contributed by atoms with Crippen molar-refractivity contribution in [2.45, 2.75) is 44.2 Å². The smallest absolute Gasteiger partial charge is 0.331 e. The highest BCUT2D eigenvalue weighted by atomic mass is 16.5. The van der Waals surface area contributed by atoms with E-state index in [-0.39, 0.29) is 18.5 Å². The Hall–Kier alpha value is -2.08. The summed E-state index contributed by atoms with van der Waals surface area (Å²) in [5, 5.41) is 2.83. The molecular weight excluding hydrogens is 310 g/mol. The molecule has 0 heterocycles. The highest BCUT2D eigenvalue weighted by Crippen LogP contribution is 2.29. The van der Waals surface area contributed by atoms with Crippen molar-refractivity contribution in [3.05, 3.63) is 29.8 Å². The van der Waals surface area contributed by atoms with Gasteiger partial charge in [-0.1, -0.05) is 31.4 Å². The number of carbonyl (C=O) groups excluding carboxylic acids is 2. The number of carbonyl (C=O) groups is 2. The molecule has 1 N–H and O–H groups in total. The first kappa shape index (κ1) is 18.3. The van der Waals surface area contributed by atoms with E-state index in [9.17, 15) is 9.59 Å². The third-order valence-corrected chi connectivity index (χ3v) is 4.30. The fraction of sp³-hybridized carbons (Fsp3) is 0.556. The lowest BCUT2D eigenvalue weighted by molar-refractivity contribution is -0.153. The number of rotatable bonds is 7. The van der Waals surface area contributed by atoms with Gasteiger partial charge in [0.25, 0.3) is 0 Å². The van der Waals surface area contributed by atoms with Crippen molar-refractivity contribution in [1.29, 1.82) is 0 Å². The lowest BCUT2D eigenvalue weighted by Crippen LogP contribution is -2.56. The van der Waals surface area contributed by atoms with E-state index < -0.39 is 5.54 Å².